The van der Waals surface area contributed by atoms with Crippen LogP contribution in [0.25, 0.3) is 0 Å². The first-order valence-corrected chi connectivity index (χ1v) is 9.24. The molecule has 0 bridgehead atoms. The first kappa shape index (κ1) is 14.8. The predicted octanol–water partition coefficient (Wildman–Crippen LogP) is 3.81. The van der Waals surface area contributed by atoms with Crippen LogP contribution in [0.2, 0.25) is 0 Å². The number of hydrogen-bond donors (Lipinski definition) is 1. The van der Waals surface area contributed by atoms with Crippen LogP contribution in [0.15, 0.2) is 0 Å². The number of likely N-dealkylation sites (tertiary alicyclic amines) is 1. The molecule has 1 N–H and O–H groups in total. The monoisotopic (exact) mass is 278 g/mol. The Morgan fingerprint density at radius 1 is 0.800 bits per heavy atom. The van der Waals surface area contributed by atoms with E-state index in [9.17, 15) is 0 Å². The highest BCUT2D eigenvalue weighted by Crippen LogP contribution is 2.31. The number of piperidine rings is 1. The van der Waals surface area contributed by atoms with Crippen molar-refractivity contribution in [2.24, 2.45) is 11.8 Å². The number of hydrogen-bond acceptors (Lipinski definition) is 2. The topological polar surface area (TPSA) is 15.3 Å². The summed E-state index contributed by atoms with van der Waals surface area (Å²) in [7, 11) is 0. The van der Waals surface area contributed by atoms with Crippen molar-refractivity contribution in [3.05, 3.63) is 0 Å². The molecule has 0 spiro atoms. The van der Waals surface area contributed by atoms with Crippen molar-refractivity contribution < 1.29 is 0 Å². The second-order valence-corrected chi connectivity index (χ2v) is 7.77. The molecule has 2 aliphatic carbocycles. The van der Waals surface area contributed by atoms with E-state index in [1.54, 1.807) is 0 Å². The second-order valence-electron chi connectivity index (χ2n) is 7.77. The zero-order chi connectivity index (χ0) is 13.9. The van der Waals surface area contributed by atoms with Crippen molar-refractivity contribution in [3.63, 3.8) is 0 Å². The van der Waals surface area contributed by atoms with Crippen LogP contribution in [0.3, 0.4) is 0 Å². The Labute approximate surface area is 125 Å². The number of nitrogens with one attached hydrogen (secondary N) is 1. The molecule has 3 atom stereocenters. The van der Waals surface area contributed by atoms with Gasteiger partial charge in [-0.3, -0.25) is 0 Å². The Morgan fingerprint density at radius 2 is 1.45 bits per heavy atom. The molecule has 3 fully saturated rings. The van der Waals surface area contributed by atoms with Crippen molar-refractivity contribution in [2.45, 2.75) is 89.8 Å². The summed E-state index contributed by atoms with van der Waals surface area (Å²) in [6, 6.07) is 2.37. The van der Waals surface area contributed by atoms with Crippen LogP contribution in [0, 0.1) is 11.8 Å². The molecular weight excluding hydrogens is 244 g/mol. The fourth-order valence-electron chi connectivity index (χ4n) is 4.68. The number of rotatable bonds is 5. The lowest BCUT2D eigenvalue weighted by Gasteiger charge is -2.44. The Balaban J connectivity index is 1.46. The fraction of sp³-hybridized carbons (Fsp3) is 1.00. The van der Waals surface area contributed by atoms with Crippen LogP contribution in [0.4, 0.5) is 0 Å². The van der Waals surface area contributed by atoms with Crippen LogP contribution in [0.5, 0.6) is 0 Å². The zero-order valence-corrected chi connectivity index (χ0v) is 13.6. The van der Waals surface area contributed by atoms with Gasteiger partial charge >= 0.3 is 0 Å². The molecule has 2 heteroatoms. The fourth-order valence-corrected chi connectivity index (χ4v) is 4.68. The highest BCUT2D eigenvalue weighted by atomic mass is 15.2. The molecule has 1 heterocycles. The van der Waals surface area contributed by atoms with Crippen LogP contribution in [-0.2, 0) is 0 Å². The van der Waals surface area contributed by atoms with E-state index in [0.717, 1.165) is 23.9 Å². The second kappa shape index (κ2) is 6.79. The minimum atomic E-state index is 0.702. The maximum absolute atomic E-state index is 3.96. The smallest absolute Gasteiger partial charge is 0.00954 e. The van der Waals surface area contributed by atoms with Crippen molar-refractivity contribution in [2.75, 3.05) is 13.1 Å². The summed E-state index contributed by atoms with van der Waals surface area (Å²) in [5, 5.41) is 3.96. The summed E-state index contributed by atoms with van der Waals surface area (Å²) in [6.45, 7) is 7.60. The van der Waals surface area contributed by atoms with E-state index in [1.165, 1.54) is 70.9 Å². The molecule has 3 aliphatic rings. The normalized spacial score (nSPS) is 33.0. The third kappa shape index (κ3) is 3.39. The van der Waals surface area contributed by atoms with E-state index < -0.39 is 0 Å². The Kier molecular flexibility index (Phi) is 5.04. The lowest BCUT2D eigenvalue weighted by Crippen LogP contribution is -2.51. The van der Waals surface area contributed by atoms with E-state index in [-0.39, 0.29) is 0 Å². The van der Waals surface area contributed by atoms with Gasteiger partial charge in [0.1, 0.15) is 0 Å². The quantitative estimate of drug-likeness (QED) is 0.822. The molecule has 2 saturated carbocycles. The summed E-state index contributed by atoms with van der Waals surface area (Å²) in [6.07, 6.45) is 13.1. The molecule has 0 amide bonds. The average Bonchev–Trinajstić information content (AvgIpc) is 2.91. The Morgan fingerprint density at radius 3 is 2.10 bits per heavy atom. The zero-order valence-electron chi connectivity index (χ0n) is 13.6. The van der Waals surface area contributed by atoms with Crippen LogP contribution in [0.1, 0.15) is 71.6 Å². The van der Waals surface area contributed by atoms with Crippen LogP contribution >= 0.6 is 0 Å². The van der Waals surface area contributed by atoms with Gasteiger partial charge in [0.05, 0.1) is 0 Å². The summed E-state index contributed by atoms with van der Waals surface area (Å²) >= 11 is 0. The van der Waals surface area contributed by atoms with Crippen molar-refractivity contribution in [1.29, 1.82) is 0 Å². The molecule has 1 saturated heterocycles. The SMILES string of the molecule is C[C@H](N[C@H](C)[C@@H]1CCCN(C2CCC2)C1)C1CCCC1. The first-order valence-electron chi connectivity index (χ1n) is 9.24. The van der Waals surface area contributed by atoms with Gasteiger partial charge in [-0.2, -0.15) is 0 Å². The van der Waals surface area contributed by atoms with Gasteiger partial charge in [-0.25, -0.2) is 0 Å². The van der Waals surface area contributed by atoms with Gasteiger partial charge in [0, 0.05) is 24.7 Å². The van der Waals surface area contributed by atoms with Gasteiger partial charge < -0.3 is 10.2 Å². The molecule has 0 aromatic heterocycles. The van der Waals surface area contributed by atoms with Crippen LogP contribution in [-0.4, -0.2) is 36.1 Å². The molecule has 0 aromatic rings. The lowest BCUT2D eigenvalue weighted by atomic mass is 9.85. The highest BCUT2D eigenvalue weighted by Gasteiger charge is 2.32. The van der Waals surface area contributed by atoms with Gasteiger partial charge in [-0.1, -0.05) is 19.3 Å². The Bertz CT molecular complexity index is 294. The number of nitrogens with zero attached hydrogens (tertiary/aromatic N) is 1. The third-order valence-electron chi connectivity index (χ3n) is 6.42. The minimum absolute atomic E-state index is 0.702. The average molecular weight is 278 g/mol. The van der Waals surface area contributed by atoms with Gasteiger partial charge in [0.15, 0.2) is 0 Å². The van der Waals surface area contributed by atoms with E-state index in [2.05, 4.69) is 24.1 Å². The largest absolute Gasteiger partial charge is 0.311 e. The van der Waals surface area contributed by atoms with E-state index in [4.69, 9.17) is 0 Å². The lowest BCUT2D eigenvalue weighted by molar-refractivity contribution is 0.0643. The molecule has 2 nitrogen and oxygen atoms in total. The maximum Gasteiger partial charge on any atom is 0.00954 e. The van der Waals surface area contributed by atoms with Crippen molar-refractivity contribution in [3.8, 4) is 0 Å². The molecule has 1 aliphatic heterocycles. The van der Waals surface area contributed by atoms with Crippen LogP contribution < -0.4 is 5.32 Å². The Hall–Kier alpha value is -0.0800. The van der Waals surface area contributed by atoms with E-state index in [1.807, 2.05) is 0 Å². The maximum atomic E-state index is 3.96. The highest BCUT2D eigenvalue weighted by molar-refractivity contribution is 4.89. The molecule has 0 unspecified atom stereocenters. The van der Waals surface area contributed by atoms with E-state index >= 15 is 0 Å². The molecule has 116 valence electrons. The third-order valence-corrected chi connectivity index (χ3v) is 6.42. The predicted molar refractivity (Wildman–Crippen MR) is 86.0 cm³/mol. The first-order chi connectivity index (χ1) is 9.74. The summed E-state index contributed by atoms with van der Waals surface area (Å²) in [4.78, 5) is 2.80. The summed E-state index contributed by atoms with van der Waals surface area (Å²) in [5.41, 5.74) is 0. The van der Waals surface area contributed by atoms with Gasteiger partial charge in [0.2, 0.25) is 0 Å². The van der Waals surface area contributed by atoms with Gasteiger partial charge in [-0.15, -0.1) is 0 Å². The molecule has 3 rings (SSSR count). The molecule has 0 radical (unpaired) electrons. The standard InChI is InChI=1S/C18H34N2/c1-14(16-7-3-4-8-16)19-15(2)17-9-6-12-20(13-17)18-10-5-11-18/h14-19H,3-13H2,1-2H3/t14-,15+,17+/m0/s1. The van der Waals surface area contributed by atoms with Crippen molar-refractivity contribution >= 4 is 0 Å². The molecule has 20 heavy (non-hydrogen) atoms. The van der Waals surface area contributed by atoms with E-state index in [0.29, 0.717) is 6.04 Å². The summed E-state index contributed by atoms with van der Waals surface area (Å²) in [5.74, 6) is 1.83. The molecule has 0 aromatic carbocycles. The minimum Gasteiger partial charge on any atom is -0.311 e. The van der Waals surface area contributed by atoms with Gasteiger partial charge in [-0.05, 0) is 70.8 Å². The van der Waals surface area contributed by atoms with Crippen molar-refractivity contribution in [1.82, 2.24) is 10.2 Å². The summed E-state index contributed by atoms with van der Waals surface area (Å²) < 4.78 is 0. The van der Waals surface area contributed by atoms with Gasteiger partial charge in [0.25, 0.3) is 0 Å². The molecular formula is C18H34N2.